The lowest BCUT2D eigenvalue weighted by atomic mass is 10.0. The topological polar surface area (TPSA) is 12.0 Å². The van der Waals surface area contributed by atoms with E-state index in [2.05, 4.69) is 57.3 Å². The van der Waals surface area contributed by atoms with Crippen LogP contribution in [0.5, 0.6) is 0 Å². The van der Waals surface area contributed by atoms with Crippen LogP contribution in [-0.4, -0.2) is 6.54 Å². The number of nitrogens with one attached hydrogen (secondary N) is 1. The summed E-state index contributed by atoms with van der Waals surface area (Å²) < 4.78 is 0. The molecule has 1 unspecified atom stereocenters. The molecule has 0 bridgehead atoms. The van der Waals surface area contributed by atoms with E-state index in [1.807, 2.05) is 0 Å². The van der Waals surface area contributed by atoms with Gasteiger partial charge in [-0.15, -0.1) is 0 Å². The van der Waals surface area contributed by atoms with Gasteiger partial charge in [0.25, 0.3) is 0 Å². The van der Waals surface area contributed by atoms with Crippen LogP contribution in [0.25, 0.3) is 0 Å². The average Bonchev–Trinajstić information content (AvgIpc) is 2.30. The molecule has 0 aliphatic carbocycles. The summed E-state index contributed by atoms with van der Waals surface area (Å²) in [4.78, 5) is 0. The maximum absolute atomic E-state index is 3.53. The van der Waals surface area contributed by atoms with Crippen molar-refractivity contribution < 1.29 is 0 Å². The zero-order valence-corrected chi connectivity index (χ0v) is 11.8. The van der Waals surface area contributed by atoms with Crippen LogP contribution in [0.3, 0.4) is 0 Å². The van der Waals surface area contributed by atoms with Crippen molar-refractivity contribution in [1.29, 1.82) is 0 Å². The Kier molecular flexibility index (Phi) is 6.28. The minimum Gasteiger partial charge on any atom is -0.312 e. The third-order valence-corrected chi connectivity index (χ3v) is 3.25. The van der Waals surface area contributed by atoms with Crippen molar-refractivity contribution in [3.05, 3.63) is 35.4 Å². The lowest BCUT2D eigenvalue weighted by Crippen LogP contribution is -2.20. The smallest absolute Gasteiger partial charge is 0.0205 e. The van der Waals surface area contributed by atoms with Crippen molar-refractivity contribution in [3.8, 4) is 0 Å². The quantitative estimate of drug-likeness (QED) is 0.739. The van der Waals surface area contributed by atoms with E-state index in [-0.39, 0.29) is 0 Å². The van der Waals surface area contributed by atoms with Crippen molar-refractivity contribution in [2.45, 2.75) is 53.0 Å². The van der Waals surface area contributed by atoms with Crippen molar-refractivity contribution >= 4 is 0 Å². The van der Waals surface area contributed by atoms with E-state index in [1.54, 1.807) is 0 Å². The Labute approximate surface area is 107 Å². The Hall–Kier alpha value is -0.820. The molecular weight excluding hydrogens is 206 g/mol. The molecule has 0 spiro atoms. The highest BCUT2D eigenvalue weighted by Gasteiger charge is 2.01. The van der Waals surface area contributed by atoms with E-state index >= 15 is 0 Å². The van der Waals surface area contributed by atoms with Gasteiger partial charge in [0.05, 0.1) is 0 Å². The standard InChI is InChI=1S/C16H27N/c1-5-6-14(4)11-17-12-15-7-9-16(10-8-15)13(2)3/h7-10,13-14,17H,5-6,11-12H2,1-4H3. The van der Waals surface area contributed by atoms with Crippen LogP contribution in [0.2, 0.25) is 0 Å². The van der Waals surface area contributed by atoms with Crippen molar-refractivity contribution in [2.75, 3.05) is 6.54 Å². The van der Waals surface area contributed by atoms with Crippen molar-refractivity contribution in [2.24, 2.45) is 5.92 Å². The third kappa shape index (κ3) is 5.36. The summed E-state index contributed by atoms with van der Waals surface area (Å²) in [6, 6.07) is 8.98. The lowest BCUT2D eigenvalue weighted by Gasteiger charge is -2.12. The average molecular weight is 233 g/mol. The molecule has 1 aromatic carbocycles. The molecule has 1 rings (SSSR count). The molecular formula is C16H27N. The van der Waals surface area contributed by atoms with Gasteiger partial charge in [-0.05, 0) is 35.9 Å². The van der Waals surface area contributed by atoms with E-state index in [1.165, 1.54) is 24.0 Å². The Morgan fingerprint density at radius 1 is 1.06 bits per heavy atom. The monoisotopic (exact) mass is 233 g/mol. The first-order chi connectivity index (χ1) is 8.13. The Morgan fingerprint density at radius 3 is 2.24 bits per heavy atom. The number of benzene rings is 1. The fourth-order valence-corrected chi connectivity index (χ4v) is 2.08. The van der Waals surface area contributed by atoms with E-state index in [4.69, 9.17) is 0 Å². The maximum Gasteiger partial charge on any atom is 0.0205 e. The number of rotatable bonds is 7. The zero-order valence-electron chi connectivity index (χ0n) is 11.8. The molecule has 0 fully saturated rings. The summed E-state index contributed by atoms with van der Waals surface area (Å²) in [5, 5.41) is 3.53. The number of hydrogen-bond acceptors (Lipinski definition) is 1. The van der Waals surface area contributed by atoms with Gasteiger partial charge in [-0.25, -0.2) is 0 Å². The van der Waals surface area contributed by atoms with E-state index < -0.39 is 0 Å². The van der Waals surface area contributed by atoms with Crippen LogP contribution in [-0.2, 0) is 6.54 Å². The molecule has 17 heavy (non-hydrogen) atoms. The molecule has 0 aromatic heterocycles. The van der Waals surface area contributed by atoms with Crippen LogP contribution in [0.4, 0.5) is 0 Å². The first-order valence-electron chi connectivity index (χ1n) is 6.93. The van der Waals surface area contributed by atoms with Crippen molar-refractivity contribution in [1.82, 2.24) is 5.32 Å². The van der Waals surface area contributed by atoms with Crippen LogP contribution >= 0.6 is 0 Å². The summed E-state index contributed by atoms with van der Waals surface area (Å²) >= 11 is 0. The summed E-state index contributed by atoms with van der Waals surface area (Å²) in [5.41, 5.74) is 2.81. The second-order valence-corrected chi connectivity index (χ2v) is 5.42. The molecule has 1 N–H and O–H groups in total. The lowest BCUT2D eigenvalue weighted by molar-refractivity contribution is 0.476. The van der Waals surface area contributed by atoms with Gasteiger partial charge < -0.3 is 5.32 Å². The molecule has 0 aliphatic rings. The Bertz CT molecular complexity index is 300. The first-order valence-corrected chi connectivity index (χ1v) is 6.93. The zero-order chi connectivity index (χ0) is 12.7. The molecule has 1 heteroatoms. The van der Waals surface area contributed by atoms with Crippen molar-refractivity contribution in [3.63, 3.8) is 0 Å². The molecule has 1 nitrogen and oxygen atoms in total. The van der Waals surface area contributed by atoms with Gasteiger partial charge in [0, 0.05) is 6.54 Å². The minimum absolute atomic E-state index is 0.626. The second kappa shape index (κ2) is 7.50. The molecule has 1 atom stereocenters. The fourth-order valence-electron chi connectivity index (χ4n) is 2.08. The molecule has 0 radical (unpaired) electrons. The van der Waals surface area contributed by atoms with Gasteiger partial charge in [0.15, 0.2) is 0 Å². The third-order valence-electron chi connectivity index (χ3n) is 3.25. The molecule has 0 saturated heterocycles. The molecule has 0 aliphatic heterocycles. The minimum atomic E-state index is 0.626. The second-order valence-electron chi connectivity index (χ2n) is 5.42. The highest BCUT2D eigenvalue weighted by atomic mass is 14.8. The van der Waals surface area contributed by atoms with Gasteiger partial charge in [-0.2, -0.15) is 0 Å². The molecule has 0 amide bonds. The van der Waals surface area contributed by atoms with E-state index in [9.17, 15) is 0 Å². The number of hydrogen-bond donors (Lipinski definition) is 1. The van der Waals surface area contributed by atoms with Gasteiger partial charge in [0.2, 0.25) is 0 Å². The predicted octanol–water partition coefficient (Wildman–Crippen LogP) is 4.34. The first kappa shape index (κ1) is 14.2. The normalized spacial score (nSPS) is 13.0. The van der Waals surface area contributed by atoms with Gasteiger partial charge in [-0.1, -0.05) is 58.4 Å². The van der Waals surface area contributed by atoms with Crippen LogP contribution in [0.1, 0.15) is 57.6 Å². The van der Waals surface area contributed by atoms with Crippen LogP contribution in [0, 0.1) is 5.92 Å². The SMILES string of the molecule is CCCC(C)CNCc1ccc(C(C)C)cc1. The van der Waals surface area contributed by atoms with Gasteiger partial charge in [-0.3, -0.25) is 0 Å². The Balaban J connectivity index is 2.32. The summed E-state index contributed by atoms with van der Waals surface area (Å²) in [6.45, 7) is 11.2. The largest absolute Gasteiger partial charge is 0.312 e. The van der Waals surface area contributed by atoms with E-state index in [0.29, 0.717) is 5.92 Å². The molecule has 1 aromatic rings. The highest BCUT2D eigenvalue weighted by Crippen LogP contribution is 2.14. The molecule has 96 valence electrons. The summed E-state index contributed by atoms with van der Waals surface area (Å²) in [5.74, 6) is 1.41. The summed E-state index contributed by atoms with van der Waals surface area (Å²) in [6.07, 6.45) is 2.60. The Morgan fingerprint density at radius 2 is 1.71 bits per heavy atom. The van der Waals surface area contributed by atoms with Gasteiger partial charge in [0.1, 0.15) is 0 Å². The van der Waals surface area contributed by atoms with Crippen LogP contribution < -0.4 is 5.32 Å². The van der Waals surface area contributed by atoms with Crippen LogP contribution in [0.15, 0.2) is 24.3 Å². The maximum atomic E-state index is 3.53. The molecule has 0 heterocycles. The molecule has 0 saturated carbocycles. The predicted molar refractivity (Wildman–Crippen MR) is 76.3 cm³/mol. The van der Waals surface area contributed by atoms with Gasteiger partial charge >= 0.3 is 0 Å². The highest BCUT2D eigenvalue weighted by molar-refractivity contribution is 5.24. The van der Waals surface area contributed by atoms with E-state index in [0.717, 1.165) is 19.0 Å². The fraction of sp³-hybridized carbons (Fsp3) is 0.625. The summed E-state index contributed by atoms with van der Waals surface area (Å²) in [7, 11) is 0.